The Morgan fingerprint density at radius 2 is 1.83 bits per heavy atom. The minimum absolute atomic E-state index is 0.0183. The van der Waals surface area contributed by atoms with Crippen LogP contribution in [0.15, 0.2) is 42.5 Å². The number of halogens is 3. The minimum atomic E-state index is -4.73. The molecule has 10 heteroatoms. The fraction of sp³-hybridized carbons (Fsp3) is 0.423. The highest BCUT2D eigenvalue weighted by atomic mass is 32.1. The summed E-state index contributed by atoms with van der Waals surface area (Å²) in [7, 11) is 0. The van der Waals surface area contributed by atoms with Gasteiger partial charge >= 0.3 is 6.18 Å². The Hall–Kier alpha value is -3.16. The van der Waals surface area contributed by atoms with Gasteiger partial charge in [0.05, 0.1) is 29.5 Å². The van der Waals surface area contributed by atoms with E-state index < -0.39 is 28.7 Å². The average molecular weight is 519 g/mol. The molecule has 0 atom stereocenters. The first-order valence-electron chi connectivity index (χ1n) is 11.6. The first-order chi connectivity index (χ1) is 16.9. The van der Waals surface area contributed by atoms with Crippen molar-refractivity contribution < 1.29 is 22.7 Å². The number of carbonyl (C=O) groups is 1. The van der Waals surface area contributed by atoms with E-state index in [1.807, 2.05) is 24.3 Å². The van der Waals surface area contributed by atoms with Gasteiger partial charge in [-0.1, -0.05) is 26.0 Å². The SMILES string of the molecule is CC(C)NCc1ccc(OCCCN2C(=S)N(c3ccc(C#N)c(C(F)(F)F)c3)C(=O)C2(C)C)cc1. The fourth-order valence-electron chi connectivity index (χ4n) is 3.88. The van der Waals surface area contributed by atoms with Crippen molar-refractivity contribution in [1.82, 2.24) is 10.2 Å². The molecule has 0 radical (unpaired) electrons. The van der Waals surface area contributed by atoms with Crippen molar-refractivity contribution >= 4 is 28.9 Å². The zero-order valence-electron chi connectivity index (χ0n) is 20.6. The summed E-state index contributed by atoms with van der Waals surface area (Å²) in [5.41, 5.74) is -1.53. The molecule has 0 aromatic heterocycles. The quantitative estimate of drug-likeness (QED) is 0.361. The number of ether oxygens (including phenoxy) is 1. The number of carbonyl (C=O) groups excluding carboxylic acids is 1. The van der Waals surface area contributed by atoms with E-state index >= 15 is 0 Å². The molecule has 0 spiro atoms. The van der Waals surface area contributed by atoms with Crippen LogP contribution in [0, 0.1) is 11.3 Å². The van der Waals surface area contributed by atoms with Gasteiger partial charge in [-0.2, -0.15) is 18.4 Å². The Bertz CT molecular complexity index is 1160. The van der Waals surface area contributed by atoms with Crippen molar-refractivity contribution in [2.45, 2.75) is 58.4 Å². The van der Waals surface area contributed by atoms with Crippen LogP contribution in [0.2, 0.25) is 0 Å². The third kappa shape index (κ3) is 5.97. The number of rotatable bonds is 9. The summed E-state index contributed by atoms with van der Waals surface area (Å²) in [6.07, 6.45) is -4.19. The van der Waals surface area contributed by atoms with Crippen LogP contribution in [0.3, 0.4) is 0 Å². The van der Waals surface area contributed by atoms with E-state index in [9.17, 15) is 18.0 Å². The van der Waals surface area contributed by atoms with Crippen LogP contribution in [0.4, 0.5) is 18.9 Å². The summed E-state index contributed by atoms with van der Waals surface area (Å²) in [5.74, 6) is 0.290. The molecule has 2 aromatic rings. The molecule has 3 rings (SSSR count). The van der Waals surface area contributed by atoms with Gasteiger partial charge in [-0.05, 0) is 68.4 Å². The second-order valence-corrected chi connectivity index (χ2v) is 9.72. The van der Waals surface area contributed by atoms with Crippen LogP contribution >= 0.6 is 12.2 Å². The van der Waals surface area contributed by atoms with Crippen molar-refractivity contribution in [2.75, 3.05) is 18.1 Å². The molecule has 0 saturated carbocycles. The maximum atomic E-state index is 13.4. The molecule has 0 aliphatic carbocycles. The molecule has 1 aliphatic heterocycles. The molecular weight excluding hydrogens is 489 g/mol. The second-order valence-electron chi connectivity index (χ2n) is 9.35. The lowest BCUT2D eigenvalue weighted by Gasteiger charge is -2.29. The summed E-state index contributed by atoms with van der Waals surface area (Å²) >= 11 is 5.51. The molecule has 1 amide bonds. The molecule has 1 saturated heterocycles. The van der Waals surface area contributed by atoms with E-state index in [0.717, 1.165) is 34.9 Å². The fourth-order valence-corrected chi connectivity index (χ4v) is 4.39. The Morgan fingerprint density at radius 3 is 2.42 bits per heavy atom. The van der Waals surface area contributed by atoms with Crippen LogP contribution < -0.4 is 15.0 Å². The van der Waals surface area contributed by atoms with Gasteiger partial charge < -0.3 is 15.0 Å². The highest BCUT2D eigenvalue weighted by Gasteiger charge is 2.49. The molecule has 36 heavy (non-hydrogen) atoms. The molecule has 2 aromatic carbocycles. The molecule has 1 fully saturated rings. The number of thiocarbonyl (C=S) groups is 1. The van der Waals surface area contributed by atoms with Gasteiger partial charge in [0.1, 0.15) is 11.3 Å². The topological polar surface area (TPSA) is 68.6 Å². The van der Waals surface area contributed by atoms with E-state index in [0.29, 0.717) is 25.6 Å². The number of benzene rings is 2. The standard InChI is InChI=1S/C26H29F3N4O2S/c1-17(2)31-16-18-6-10-21(11-7-18)35-13-5-12-32-24(36)33(23(34)25(32,3)4)20-9-8-19(15-30)22(14-20)26(27,28)29/h6-11,14,17,31H,5,12-13,16H2,1-4H3. The summed E-state index contributed by atoms with van der Waals surface area (Å²) in [6.45, 7) is 9.06. The van der Waals surface area contributed by atoms with Crippen LogP contribution in [-0.4, -0.2) is 40.7 Å². The van der Waals surface area contributed by atoms with Crippen LogP contribution in [0.25, 0.3) is 0 Å². The first-order valence-corrected chi connectivity index (χ1v) is 12.0. The smallest absolute Gasteiger partial charge is 0.417 e. The molecule has 0 bridgehead atoms. The van der Waals surface area contributed by atoms with Gasteiger partial charge in [-0.25, -0.2) is 0 Å². The highest BCUT2D eigenvalue weighted by Crippen LogP contribution is 2.37. The van der Waals surface area contributed by atoms with E-state index in [1.165, 1.54) is 6.07 Å². The number of hydrogen-bond acceptors (Lipinski definition) is 5. The molecule has 6 nitrogen and oxygen atoms in total. The Kier molecular flexibility index (Phi) is 8.26. The van der Waals surface area contributed by atoms with Gasteiger partial charge in [0.25, 0.3) is 5.91 Å². The molecule has 1 aliphatic rings. The Morgan fingerprint density at radius 1 is 1.17 bits per heavy atom. The van der Waals surface area contributed by atoms with E-state index in [4.69, 9.17) is 22.2 Å². The maximum Gasteiger partial charge on any atom is 0.417 e. The lowest BCUT2D eigenvalue weighted by molar-refractivity contribution is -0.137. The Balaban J connectivity index is 1.65. The van der Waals surface area contributed by atoms with Crippen LogP contribution in [0.5, 0.6) is 5.75 Å². The molecule has 1 N–H and O–H groups in total. The maximum absolute atomic E-state index is 13.4. The van der Waals surface area contributed by atoms with Crippen molar-refractivity contribution in [2.24, 2.45) is 0 Å². The predicted molar refractivity (Wildman–Crippen MR) is 136 cm³/mol. The zero-order chi connectivity index (χ0) is 26.7. The third-order valence-electron chi connectivity index (χ3n) is 5.94. The van der Waals surface area contributed by atoms with Gasteiger partial charge in [-0.3, -0.25) is 9.69 Å². The number of nitrogens with zero attached hydrogens (tertiary/aromatic N) is 3. The number of nitrogens with one attached hydrogen (secondary N) is 1. The lowest BCUT2D eigenvalue weighted by Crippen LogP contribution is -2.44. The van der Waals surface area contributed by atoms with Gasteiger partial charge in [0.2, 0.25) is 0 Å². The zero-order valence-corrected chi connectivity index (χ0v) is 21.5. The number of alkyl halides is 3. The average Bonchev–Trinajstić information content (AvgIpc) is 2.98. The van der Waals surface area contributed by atoms with Crippen molar-refractivity contribution in [1.29, 1.82) is 5.26 Å². The van der Waals surface area contributed by atoms with Crippen LogP contribution in [-0.2, 0) is 17.5 Å². The number of nitriles is 1. The normalized spacial score (nSPS) is 15.5. The molecule has 0 unspecified atom stereocenters. The monoisotopic (exact) mass is 518 g/mol. The van der Waals surface area contributed by atoms with Crippen molar-refractivity contribution in [3.8, 4) is 11.8 Å². The van der Waals surface area contributed by atoms with E-state index in [2.05, 4.69) is 19.2 Å². The van der Waals surface area contributed by atoms with Crippen LogP contribution in [0.1, 0.15) is 50.8 Å². The number of anilines is 1. The molecular formula is C26H29F3N4O2S. The highest BCUT2D eigenvalue weighted by molar-refractivity contribution is 7.80. The summed E-state index contributed by atoms with van der Waals surface area (Å²) in [6, 6.07) is 12.9. The largest absolute Gasteiger partial charge is 0.494 e. The Labute approximate surface area is 214 Å². The molecule has 1 heterocycles. The van der Waals surface area contributed by atoms with Gasteiger partial charge in [0, 0.05) is 19.1 Å². The minimum Gasteiger partial charge on any atom is -0.494 e. The summed E-state index contributed by atoms with van der Waals surface area (Å²) < 4.78 is 46.2. The lowest BCUT2D eigenvalue weighted by atomic mass is 10.0. The summed E-state index contributed by atoms with van der Waals surface area (Å²) in [4.78, 5) is 16.0. The van der Waals surface area contributed by atoms with Gasteiger partial charge in [-0.15, -0.1) is 0 Å². The van der Waals surface area contributed by atoms with Crippen molar-refractivity contribution in [3.63, 3.8) is 0 Å². The number of hydrogen-bond donors (Lipinski definition) is 1. The first kappa shape index (κ1) is 27.4. The third-order valence-corrected chi connectivity index (χ3v) is 6.35. The van der Waals surface area contributed by atoms with Gasteiger partial charge in [0.15, 0.2) is 5.11 Å². The second kappa shape index (κ2) is 10.8. The van der Waals surface area contributed by atoms with E-state index in [-0.39, 0.29) is 10.8 Å². The van der Waals surface area contributed by atoms with Crippen molar-refractivity contribution in [3.05, 3.63) is 59.2 Å². The summed E-state index contributed by atoms with van der Waals surface area (Å²) in [5, 5.41) is 12.5. The predicted octanol–water partition coefficient (Wildman–Crippen LogP) is 5.26. The van der Waals surface area contributed by atoms with E-state index in [1.54, 1.807) is 24.8 Å². The molecule has 192 valence electrons. The number of amides is 1.